The Morgan fingerprint density at radius 3 is 3.26 bits per heavy atom. The van der Waals surface area contributed by atoms with Gasteiger partial charge in [0.15, 0.2) is 0 Å². The number of rotatable bonds is 2. The Balaban J connectivity index is 1.61. The standard InChI is InChI=1S/C17H19N3O2S/c21-17(16-8-13-11-22-7-3-15(13)23-16)20-6-5-19-10-14(20)12-2-1-4-18-9-12/h1-2,4,8-9,14,19H,3,5-7,10-11H2. The largest absolute Gasteiger partial charge is 0.376 e. The second-order valence-electron chi connectivity index (χ2n) is 5.87. The van der Waals surface area contributed by atoms with E-state index in [1.54, 1.807) is 17.5 Å². The van der Waals surface area contributed by atoms with Gasteiger partial charge in [-0.3, -0.25) is 9.78 Å². The van der Waals surface area contributed by atoms with Crippen LogP contribution < -0.4 is 5.32 Å². The number of carbonyl (C=O) groups is 1. The van der Waals surface area contributed by atoms with Crippen LogP contribution in [0.3, 0.4) is 0 Å². The van der Waals surface area contributed by atoms with E-state index in [0.29, 0.717) is 6.61 Å². The monoisotopic (exact) mass is 329 g/mol. The van der Waals surface area contributed by atoms with Crippen molar-refractivity contribution in [1.82, 2.24) is 15.2 Å². The van der Waals surface area contributed by atoms with E-state index in [-0.39, 0.29) is 11.9 Å². The zero-order valence-corrected chi connectivity index (χ0v) is 13.6. The first-order chi connectivity index (χ1) is 11.3. The maximum Gasteiger partial charge on any atom is 0.264 e. The van der Waals surface area contributed by atoms with Crippen molar-refractivity contribution in [3.63, 3.8) is 0 Å². The van der Waals surface area contributed by atoms with Gasteiger partial charge < -0.3 is 15.0 Å². The molecule has 0 spiro atoms. The highest BCUT2D eigenvalue weighted by atomic mass is 32.1. The van der Waals surface area contributed by atoms with Crippen LogP contribution in [0.25, 0.3) is 0 Å². The van der Waals surface area contributed by atoms with Gasteiger partial charge in [-0.2, -0.15) is 0 Å². The molecule has 0 aliphatic carbocycles. The number of carbonyl (C=O) groups excluding carboxylic acids is 1. The molecule has 0 aromatic carbocycles. The van der Waals surface area contributed by atoms with Crippen LogP contribution in [0.4, 0.5) is 0 Å². The van der Waals surface area contributed by atoms with Crippen LogP contribution in [0.1, 0.15) is 31.7 Å². The smallest absolute Gasteiger partial charge is 0.264 e. The van der Waals surface area contributed by atoms with Gasteiger partial charge in [0.2, 0.25) is 0 Å². The van der Waals surface area contributed by atoms with Crippen LogP contribution in [-0.4, -0.2) is 42.0 Å². The molecule has 2 aromatic heterocycles. The zero-order chi connectivity index (χ0) is 15.6. The number of amides is 1. The van der Waals surface area contributed by atoms with Gasteiger partial charge in [-0.25, -0.2) is 0 Å². The lowest BCUT2D eigenvalue weighted by atomic mass is 10.0. The lowest BCUT2D eigenvalue weighted by Crippen LogP contribution is -2.48. The first-order valence-corrected chi connectivity index (χ1v) is 8.75. The van der Waals surface area contributed by atoms with Crippen molar-refractivity contribution in [2.24, 2.45) is 0 Å². The summed E-state index contributed by atoms with van der Waals surface area (Å²) >= 11 is 1.63. The Morgan fingerprint density at radius 2 is 2.43 bits per heavy atom. The molecule has 120 valence electrons. The Kier molecular flexibility index (Phi) is 4.11. The highest BCUT2D eigenvalue weighted by Gasteiger charge is 2.30. The summed E-state index contributed by atoms with van der Waals surface area (Å²) in [6.45, 7) is 3.71. The van der Waals surface area contributed by atoms with Crippen LogP contribution in [0, 0.1) is 0 Å². The van der Waals surface area contributed by atoms with Crippen LogP contribution in [0.2, 0.25) is 0 Å². The summed E-state index contributed by atoms with van der Waals surface area (Å²) in [6, 6.07) is 6.02. The van der Waals surface area contributed by atoms with Crippen molar-refractivity contribution in [1.29, 1.82) is 0 Å². The lowest BCUT2D eigenvalue weighted by Gasteiger charge is -2.36. The molecule has 5 nitrogen and oxygen atoms in total. The second-order valence-corrected chi connectivity index (χ2v) is 7.00. The van der Waals surface area contributed by atoms with E-state index < -0.39 is 0 Å². The van der Waals surface area contributed by atoms with E-state index in [1.165, 1.54) is 10.4 Å². The molecule has 0 bridgehead atoms. The summed E-state index contributed by atoms with van der Waals surface area (Å²) < 4.78 is 5.49. The molecule has 0 radical (unpaired) electrons. The molecule has 23 heavy (non-hydrogen) atoms. The first kappa shape index (κ1) is 14.8. The van der Waals surface area contributed by atoms with Crippen molar-refractivity contribution in [2.45, 2.75) is 19.1 Å². The summed E-state index contributed by atoms with van der Waals surface area (Å²) in [4.78, 5) is 21.4. The third-order valence-electron chi connectivity index (χ3n) is 4.41. The molecule has 2 aromatic rings. The Bertz CT molecular complexity index is 678. The van der Waals surface area contributed by atoms with Crippen LogP contribution >= 0.6 is 11.3 Å². The van der Waals surface area contributed by atoms with Crippen molar-refractivity contribution >= 4 is 17.2 Å². The molecule has 1 saturated heterocycles. The molecular weight excluding hydrogens is 310 g/mol. The van der Waals surface area contributed by atoms with Crippen LogP contribution in [0.5, 0.6) is 0 Å². The summed E-state index contributed by atoms with van der Waals surface area (Å²) in [5.41, 5.74) is 2.26. The zero-order valence-electron chi connectivity index (χ0n) is 12.8. The minimum atomic E-state index is 0.0420. The molecule has 1 unspecified atom stereocenters. The van der Waals surface area contributed by atoms with Gasteiger partial charge in [0, 0.05) is 43.3 Å². The molecule has 1 fully saturated rings. The second kappa shape index (κ2) is 6.39. The topological polar surface area (TPSA) is 54.5 Å². The predicted octanol–water partition coefficient (Wildman–Crippen LogP) is 2.00. The molecular formula is C17H19N3O2S. The number of hydrogen-bond donors (Lipinski definition) is 1. The van der Waals surface area contributed by atoms with Gasteiger partial charge in [-0.15, -0.1) is 11.3 Å². The number of piperazine rings is 1. The number of ether oxygens (including phenoxy) is 1. The Labute approximate surface area is 139 Å². The summed E-state index contributed by atoms with van der Waals surface area (Å²) in [5.74, 6) is 0.125. The fourth-order valence-electron chi connectivity index (χ4n) is 3.21. The molecule has 1 N–H and O–H groups in total. The van der Waals surface area contributed by atoms with Gasteiger partial charge in [0.25, 0.3) is 5.91 Å². The molecule has 2 aliphatic rings. The van der Waals surface area contributed by atoms with Gasteiger partial charge in [0.1, 0.15) is 0 Å². The number of pyridine rings is 1. The number of fused-ring (bicyclic) bond motifs is 1. The SMILES string of the molecule is O=C(c1cc2c(s1)CCOC2)N1CCNCC1c1cccnc1. The summed E-state index contributed by atoms with van der Waals surface area (Å²) in [5, 5.41) is 3.38. The van der Waals surface area contributed by atoms with Gasteiger partial charge in [-0.1, -0.05) is 6.07 Å². The lowest BCUT2D eigenvalue weighted by molar-refractivity contribution is 0.0639. The number of aromatic nitrogens is 1. The highest BCUT2D eigenvalue weighted by Crippen LogP contribution is 2.30. The fraction of sp³-hybridized carbons (Fsp3) is 0.412. The first-order valence-electron chi connectivity index (χ1n) is 7.94. The molecule has 4 heterocycles. The quantitative estimate of drug-likeness (QED) is 0.916. The minimum Gasteiger partial charge on any atom is -0.376 e. The van der Waals surface area contributed by atoms with Crippen molar-refractivity contribution in [3.8, 4) is 0 Å². The van der Waals surface area contributed by atoms with Crippen molar-refractivity contribution in [3.05, 3.63) is 51.5 Å². The third kappa shape index (κ3) is 2.89. The van der Waals surface area contributed by atoms with E-state index in [4.69, 9.17) is 4.74 Å². The van der Waals surface area contributed by atoms with Gasteiger partial charge in [0.05, 0.1) is 24.1 Å². The molecule has 2 aliphatic heterocycles. The molecule has 0 saturated carbocycles. The van der Waals surface area contributed by atoms with E-state index in [2.05, 4.69) is 10.3 Å². The third-order valence-corrected chi connectivity index (χ3v) is 5.64. The van der Waals surface area contributed by atoms with Gasteiger partial charge >= 0.3 is 0 Å². The minimum absolute atomic E-state index is 0.0420. The number of nitrogens with one attached hydrogen (secondary N) is 1. The Morgan fingerprint density at radius 1 is 1.48 bits per heavy atom. The maximum absolute atomic E-state index is 13.0. The van der Waals surface area contributed by atoms with E-state index in [1.807, 2.05) is 29.3 Å². The van der Waals surface area contributed by atoms with E-state index in [0.717, 1.165) is 43.1 Å². The average Bonchev–Trinajstić information content (AvgIpc) is 3.06. The van der Waals surface area contributed by atoms with E-state index in [9.17, 15) is 4.79 Å². The summed E-state index contributed by atoms with van der Waals surface area (Å²) in [7, 11) is 0. The maximum atomic E-state index is 13.0. The number of thiophene rings is 1. The number of hydrogen-bond acceptors (Lipinski definition) is 5. The predicted molar refractivity (Wildman–Crippen MR) is 88.6 cm³/mol. The molecule has 6 heteroatoms. The van der Waals surface area contributed by atoms with Crippen molar-refractivity contribution < 1.29 is 9.53 Å². The van der Waals surface area contributed by atoms with Crippen molar-refractivity contribution in [2.75, 3.05) is 26.2 Å². The van der Waals surface area contributed by atoms with Gasteiger partial charge in [-0.05, 0) is 23.3 Å². The average molecular weight is 329 g/mol. The highest BCUT2D eigenvalue weighted by molar-refractivity contribution is 7.14. The molecule has 1 amide bonds. The summed E-state index contributed by atoms with van der Waals surface area (Å²) in [6.07, 6.45) is 4.53. The molecule has 1 atom stereocenters. The molecule has 4 rings (SSSR count). The van der Waals surface area contributed by atoms with Crippen LogP contribution in [0.15, 0.2) is 30.6 Å². The number of nitrogens with zero attached hydrogens (tertiary/aromatic N) is 2. The fourth-order valence-corrected chi connectivity index (χ4v) is 4.32. The van der Waals surface area contributed by atoms with E-state index >= 15 is 0 Å². The Hall–Kier alpha value is -1.76. The van der Waals surface area contributed by atoms with Crippen LogP contribution in [-0.2, 0) is 17.8 Å². The normalized spacial score (nSPS) is 21.0.